The Morgan fingerprint density at radius 3 is 1.67 bits per heavy atom. The van der Waals surface area contributed by atoms with Crippen LogP contribution < -0.4 is 0 Å². The molecule has 1 N–H and O–H groups in total. The van der Waals surface area contributed by atoms with Crippen molar-refractivity contribution in [2.45, 2.75) is 45.9 Å². The minimum absolute atomic E-state index is 0.0161. The molecule has 0 aliphatic carbocycles. The van der Waals surface area contributed by atoms with Gasteiger partial charge in [-0.05, 0) is 0 Å². The third-order valence-corrected chi connectivity index (χ3v) is 9.40. The van der Waals surface area contributed by atoms with E-state index >= 15 is 0 Å². The van der Waals surface area contributed by atoms with Crippen LogP contribution >= 0.6 is 17.7 Å². The van der Waals surface area contributed by atoms with Gasteiger partial charge in [0.2, 0.25) is 0 Å². The molecule has 12 heavy (non-hydrogen) atoms. The van der Waals surface area contributed by atoms with Gasteiger partial charge in [-0.25, -0.2) is 0 Å². The molecule has 0 aliphatic heterocycles. The second-order valence-corrected chi connectivity index (χ2v) is 10.0. The van der Waals surface area contributed by atoms with Gasteiger partial charge in [0.1, 0.15) is 0 Å². The molecular weight excluding hydrogens is 195 g/mol. The van der Waals surface area contributed by atoms with Gasteiger partial charge in [-0.2, -0.15) is 0 Å². The second kappa shape index (κ2) is 3.79. The number of halogens is 1. The van der Waals surface area contributed by atoms with Crippen LogP contribution in [-0.4, -0.2) is 22.8 Å². The molecule has 0 atom stereocenters. The average molecular weight is 215 g/mol. The first-order chi connectivity index (χ1) is 5.24. The number of rotatable bonds is 4. The molecular formula is C8H20ClO2P. The van der Waals surface area contributed by atoms with E-state index in [1.807, 2.05) is 34.6 Å². The fraction of sp³-hybridized carbons (Fsp3) is 1.00. The maximum atomic E-state index is 10.3. The van der Waals surface area contributed by atoms with Crippen LogP contribution in [0, 0.1) is 0 Å². The van der Waals surface area contributed by atoms with Crippen LogP contribution in [0.15, 0.2) is 0 Å². The molecule has 0 aromatic carbocycles. The van der Waals surface area contributed by atoms with Gasteiger partial charge in [0, 0.05) is 0 Å². The summed E-state index contributed by atoms with van der Waals surface area (Å²) >= 11 is 6.23. The van der Waals surface area contributed by atoms with Crippen LogP contribution in [0.3, 0.4) is 0 Å². The first-order valence-corrected chi connectivity index (χ1v) is 7.52. The molecule has 0 aromatic heterocycles. The van der Waals surface area contributed by atoms with E-state index in [1.165, 1.54) is 0 Å². The van der Waals surface area contributed by atoms with Crippen LogP contribution in [-0.2, 0) is 4.52 Å². The van der Waals surface area contributed by atoms with E-state index in [0.717, 1.165) is 0 Å². The molecule has 0 unspecified atom stereocenters. The van der Waals surface area contributed by atoms with Crippen molar-refractivity contribution in [1.29, 1.82) is 0 Å². The van der Waals surface area contributed by atoms with Crippen LogP contribution in [0.5, 0.6) is 0 Å². The van der Waals surface area contributed by atoms with Gasteiger partial charge in [-0.15, -0.1) is 0 Å². The quantitative estimate of drug-likeness (QED) is 0.728. The zero-order valence-electron chi connectivity index (χ0n) is 8.54. The zero-order valence-corrected chi connectivity index (χ0v) is 10.2. The van der Waals surface area contributed by atoms with E-state index in [1.54, 1.807) is 0 Å². The van der Waals surface area contributed by atoms with Gasteiger partial charge >= 0.3 is 79.6 Å². The molecule has 0 heterocycles. The minimum atomic E-state index is -3.40. The van der Waals surface area contributed by atoms with Gasteiger partial charge in [-0.3, -0.25) is 0 Å². The van der Waals surface area contributed by atoms with Gasteiger partial charge in [0.15, 0.2) is 0 Å². The molecule has 0 aromatic rings. The molecule has 2 nitrogen and oxygen atoms in total. The van der Waals surface area contributed by atoms with E-state index in [2.05, 4.69) is 0 Å². The summed E-state index contributed by atoms with van der Waals surface area (Å²) in [5.74, 6) is 0. The van der Waals surface area contributed by atoms with Crippen molar-refractivity contribution >= 4 is 17.7 Å². The molecule has 0 amide bonds. The van der Waals surface area contributed by atoms with E-state index < -0.39 is 6.41 Å². The summed E-state index contributed by atoms with van der Waals surface area (Å²) < 4.78 is 5.39. The Morgan fingerprint density at radius 2 is 1.58 bits per heavy atom. The molecule has 0 bridgehead atoms. The molecule has 0 radical (unpaired) electrons. The Hall–Kier alpha value is 0.640. The fourth-order valence-electron chi connectivity index (χ4n) is 1.15. The van der Waals surface area contributed by atoms with Crippen molar-refractivity contribution < 1.29 is 9.42 Å². The topological polar surface area (TPSA) is 29.5 Å². The van der Waals surface area contributed by atoms with Gasteiger partial charge < -0.3 is 0 Å². The predicted molar refractivity (Wildman–Crippen MR) is 56.9 cm³/mol. The summed E-state index contributed by atoms with van der Waals surface area (Å²) in [4.78, 5) is 10.3. The van der Waals surface area contributed by atoms with Crippen molar-refractivity contribution in [2.75, 3.05) is 6.61 Å². The molecule has 4 heteroatoms. The number of hydrogen-bond donors (Lipinski definition) is 1. The van der Waals surface area contributed by atoms with Crippen molar-refractivity contribution in [3.8, 4) is 0 Å². The first kappa shape index (κ1) is 12.6. The Balaban J connectivity index is 4.80. The maximum absolute atomic E-state index is 10.3. The van der Waals surface area contributed by atoms with Crippen molar-refractivity contribution in [1.82, 2.24) is 0 Å². The Kier molecular flexibility index (Phi) is 3.99. The van der Waals surface area contributed by atoms with E-state index in [4.69, 9.17) is 15.8 Å². The normalized spacial score (nSPS) is 16.6. The Labute approximate surface area is 80.1 Å². The fourth-order valence-corrected chi connectivity index (χ4v) is 3.74. The van der Waals surface area contributed by atoms with Crippen LogP contribution in [0.2, 0.25) is 0 Å². The van der Waals surface area contributed by atoms with Crippen LogP contribution in [0.4, 0.5) is 0 Å². The van der Waals surface area contributed by atoms with E-state index in [0.29, 0.717) is 6.61 Å². The summed E-state index contributed by atoms with van der Waals surface area (Å²) in [5, 5.41) is 0. The van der Waals surface area contributed by atoms with Gasteiger partial charge in [0.05, 0.1) is 0 Å². The molecule has 0 saturated carbocycles. The summed E-state index contributed by atoms with van der Waals surface area (Å²) in [6.45, 7) is 9.93. The van der Waals surface area contributed by atoms with Crippen molar-refractivity contribution in [2.24, 2.45) is 0 Å². The van der Waals surface area contributed by atoms with E-state index in [9.17, 15) is 4.89 Å². The van der Waals surface area contributed by atoms with Gasteiger partial charge in [-0.1, -0.05) is 0 Å². The summed E-state index contributed by atoms with van der Waals surface area (Å²) in [5.41, 5.74) is -0.0322. The average Bonchev–Trinajstić information content (AvgIpc) is 1.87. The van der Waals surface area contributed by atoms with Crippen LogP contribution in [0.25, 0.3) is 0 Å². The zero-order chi connectivity index (χ0) is 10.0. The molecule has 0 spiro atoms. The third kappa shape index (κ3) is 2.11. The Bertz CT molecular complexity index is 145. The molecule has 0 rings (SSSR count). The van der Waals surface area contributed by atoms with Gasteiger partial charge in [0.25, 0.3) is 0 Å². The van der Waals surface area contributed by atoms with E-state index in [-0.39, 0.29) is 11.3 Å². The number of hydrogen-bond acceptors (Lipinski definition) is 2. The summed E-state index contributed by atoms with van der Waals surface area (Å²) in [6.07, 6.45) is -3.40. The van der Waals surface area contributed by atoms with Crippen LogP contribution in [0.1, 0.15) is 34.6 Å². The second-order valence-electron chi connectivity index (χ2n) is 3.62. The van der Waals surface area contributed by atoms with Crippen molar-refractivity contribution in [3.05, 3.63) is 0 Å². The standard InChI is InChI=1S/C8H20ClO2P/c1-6-11-12(9,10,7(2)3)8(4)5/h7-8,10H,6H2,1-5H3. The summed E-state index contributed by atoms with van der Waals surface area (Å²) in [6, 6.07) is 0. The predicted octanol–water partition coefficient (Wildman–Crippen LogP) is 3.37. The molecule has 76 valence electrons. The third-order valence-electron chi connectivity index (χ3n) is 2.25. The monoisotopic (exact) mass is 214 g/mol. The SMILES string of the molecule is CCOP(O)(Cl)(C(C)C)C(C)C. The molecule has 0 saturated heterocycles. The first-order valence-electron chi connectivity index (χ1n) is 4.37. The van der Waals surface area contributed by atoms with Crippen molar-refractivity contribution in [3.63, 3.8) is 0 Å². The summed E-state index contributed by atoms with van der Waals surface area (Å²) in [7, 11) is 0. The molecule has 0 fully saturated rings. The molecule has 0 aliphatic rings. The Morgan fingerprint density at radius 1 is 1.25 bits per heavy atom.